The number of carbonyl (C=O) groups excluding carboxylic acids is 1. The number of aromatic nitrogens is 2. The number of carboxylic acid groups (broad SMARTS) is 2. The zero-order chi connectivity index (χ0) is 37.1. The number of rotatable bonds is 11. The van der Waals surface area contributed by atoms with Gasteiger partial charge in [0.05, 0.1) is 18.9 Å². The molecule has 12 nitrogen and oxygen atoms in total. The van der Waals surface area contributed by atoms with Crippen molar-refractivity contribution in [2.24, 2.45) is 11.7 Å². The van der Waals surface area contributed by atoms with Crippen LogP contribution in [0.25, 0.3) is 11.1 Å². The fourth-order valence-electron chi connectivity index (χ4n) is 5.52. The Hall–Kier alpha value is -4.99. The van der Waals surface area contributed by atoms with E-state index in [-0.39, 0.29) is 47.4 Å². The Balaban J connectivity index is 0.000000378. The van der Waals surface area contributed by atoms with Gasteiger partial charge in [-0.15, -0.1) is 0 Å². The summed E-state index contributed by atoms with van der Waals surface area (Å²) in [6, 6.07) is 13.0. The molecule has 2 aromatic carbocycles. The molecular formula is C35H37ClF3N5O7. The number of alkyl halides is 3. The molecule has 1 aliphatic heterocycles. The number of nitrogens with zero attached hydrogens (tertiary/aromatic N) is 2. The van der Waals surface area contributed by atoms with Gasteiger partial charge < -0.3 is 36.5 Å². The van der Waals surface area contributed by atoms with Gasteiger partial charge in [-0.1, -0.05) is 48.0 Å². The van der Waals surface area contributed by atoms with Crippen LogP contribution in [0.15, 0.2) is 66.7 Å². The van der Waals surface area contributed by atoms with Crippen LogP contribution in [0.4, 0.5) is 19.1 Å². The number of anilines is 1. The molecule has 1 aromatic heterocycles. The van der Waals surface area contributed by atoms with Crippen molar-refractivity contribution >= 4 is 46.5 Å². The summed E-state index contributed by atoms with van der Waals surface area (Å²) in [6.45, 7) is 0.299. The van der Waals surface area contributed by atoms with Crippen LogP contribution in [-0.2, 0) is 14.3 Å². The number of nitrogens with one attached hydrogen (secondary N) is 1. The van der Waals surface area contributed by atoms with E-state index in [1.807, 2.05) is 12.2 Å². The molecule has 1 aliphatic carbocycles. The lowest BCUT2D eigenvalue weighted by atomic mass is 9.84. The first-order valence-corrected chi connectivity index (χ1v) is 16.3. The molecule has 2 aliphatic rings. The van der Waals surface area contributed by atoms with Gasteiger partial charge in [-0.2, -0.15) is 18.2 Å². The lowest BCUT2D eigenvalue weighted by Gasteiger charge is -2.26. The number of allylic oxidation sites excluding steroid dienone is 2. The Bertz CT molecular complexity index is 1770. The van der Waals surface area contributed by atoms with Crippen LogP contribution in [0.2, 0.25) is 5.02 Å². The van der Waals surface area contributed by atoms with Crippen molar-refractivity contribution in [3.8, 4) is 5.88 Å². The van der Waals surface area contributed by atoms with E-state index in [1.54, 1.807) is 30.3 Å². The standard InChI is InChI=1S/C26H28ClF3N4O4.C9H9NO3/c27-17-7-8-18(19(11-17)16-2-1-9-37-13-16)23(26(28,29)30)38-22-12-21(33-25(32)34-22)15-5-3-14(4-6-15)10-20(31)24(35)36;11-8(12)6-10-9(13)7-4-2-1-3-5-7/h2,5,7-8,11-12,14,20,23H,1,3-4,6,9-10,13,31H2,(H,35,36)(H2,32,33,34);1-5H,6H2,(H,10,13)(H,11,12). The molecule has 51 heavy (non-hydrogen) atoms. The third kappa shape index (κ3) is 11.5. The number of amides is 1. The highest BCUT2D eigenvalue weighted by molar-refractivity contribution is 6.30. The Morgan fingerprint density at radius 3 is 2.41 bits per heavy atom. The Morgan fingerprint density at radius 2 is 1.80 bits per heavy atom. The number of carboxylic acids is 2. The van der Waals surface area contributed by atoms with Gasteiger partial charge in [0, 0.05) is 22.2 Å². The summed E-state index contributed by atoms with van der Waals surface area (Å²) in [5.74, 6) is -2.95. The van der Waals surface area contributed by atoms with Crippen LogP contribution in [0.5, 0.6) is 5.88 Å². The number of halogens is 4. The minimum atomic E-state index is -4.78. The number of hydrogen-bond donors (Lipinski definition) is 5. The van der Waals surface area contributed by atoms with E-state index < -0.39 is 30.3 Å². The molecule has 0 saturated heterocycles. The first-order chi connectivity index (χ1) is 24.2. The molecule has 3 unspecified atom stereocenters. The molecule has 2 heterocycles. The van der Waals surface area contributed by atoms with Gasteiger partial charge >= 0.3 is 18.1 Å². The third-order valence-corrected chi connectivity index (χ3v) is 8.23. The van der Waals surface area contributed by atoms with Gasteiger partial charge in [-0.3, -0.25) is 14.4 Å². The van der Waals surface area contributed by atoms with Crippen molar-refractivity contribution in [2.45, 2.75) is 50.4 Å². The number of nitrogens with two attached hydrogens (primary N) is 2. The van der Waals surface area contributed by atoms with Gasteiger partial charge in [0.15, 0.2) is 0 Å². The van der Waals surface area contributed by atoms with Gasteiger partial charge in [-0.05, 0) is 79.0 Å². The maximum atomic E-state index is 14.4. The molecule has 0 saturated carbocycles. The summed E-state index contributed by atoms with van der Waals surface area (Å²) in [6.07, 6.45) is -0.760. The summed E-state index contributed by atoms with van der Waals surface area (Å²) in [5, 5.41) is 19.9. The first kappa shape index (κ1) is 38.8. The van der Waals surface area contributed by atoms with E-state index in [4.69, 9.17) is 42.8 Å². The van der Waals surface area contributed by atoms with Crippen LogP contribution in [0.1, 0.15) is 65.4 Å². The Kier molecular flexibility index (Phi) is 13.5. The minimum absolute atomic E-state index is 0.0794. The summed E-state index contributed by atoms with van der Waals surface area (Å²) >= 11 is 6.13. The third-order valence-electron chi connectivity index (χ3n) is 8.00. The molecule has 0 fully saturated rings. The summed E-state index contributed by atoms with van der Waals surface area (Å²) in [4.78, 5) is 40.4. The van der Waals surface area contributed by atoms with E-state index >= 15 is 0 Å². The Morgan fingerprint density at radius 1 is 1.06 bits per heavy atom. The largest absolute Gasteiger partial charge is 0.480 e. The fraction of sp³-hybridized carbons (Fsp3) is 0.343. The molecule has 0 spiro atoms. The number of hydrogen-bond acceptors (Lipinski definition) is 9. The summed E-state index contributed by atoms with van der Waals surface area (Å²) in [7, 11) is 0. The van der Waals surface area contributed by atoms with Gasteiger partial charge in [0.25, 0.3) is 5.91 Å². The van der Waals surface area contributed by atoms with E-state index in [1.165, 1.54) is 24.3 Å². The normalized spacial score (nSPS) is 17.1. The molecule has 5 rings (SSSR count). The molecule has 1 amide bonds. The van der Waals surface area contributed by atoms with Crippen LogP contribution in [-0.4, -0.2) is 70.0 Å². The predicted octanol–water partition coefficient (Wildman–Crippen LogP) is 5.68. The molecule has 7 N–H and O–H groups in total. The van der Waals surface area contributed by atoms with E-state index in [0.29, 0.717) is 61.1 Å². The van der Waals surface area contributed by atoms with Crippen LogP contribution in [0, 0.1) is 5.92 Å². The van der Waals surface area contributed by atoms with Gasteiger partial charge in [0.2, 0.25) is 17.9 Å². The van der Waals surface area contributed by atoms with E-state index in [0.717, 1.165) is 5.57 Å². The molecule has 272 valence electrons. The van der Waals surface area contributed by atoms with Gasteiger partial charge in [0.1, 0.15) is 12.6 Å². The molecule has 16 heteroatoms. The maximum Gasteiger partial charge on any atom is 0.429 e. The van der Waals surface area contributed by atoms with Crippen molar-refractivity contribution in [1.82, 2.24) is 15.3 Å². The highest BCUT2D eigenvalue weighted by atomic mass is 35.5. The quantitative estimate of drug-likeness (QED) is 0.162. The van der Waals surface area contributed by atoms with Crippen molar-refractivity contribution < 1.29 is 47.2 Å². The summed E-state index contributed by atoms with van der Waals surface area (Å²) < 4.78 is 54.0. The second kappa shape index (κ2) is 17.8. The zero-order valence-corrected chi connectivity index (χ0v) is 28.0. The van der Waals surface area contributed by atoms with E-state index in [9.17, 15) is 27.6 Å². The monoisotopic (exact) mass is 731 g/mol. The van der Waals surface area contributed by atoms with Crippen molar-refractivity contribution in [3.05, 3.63) is 94.2 Å². The SMILES string of the molecule is Nc1nc(OC(c2ccc(Cl)cc2C2=CCCOC2)C(F)(F)F)cc(C2=CCC(CC(N)C(=O)O)CC2)n1.O=C(O)CNC(=O)c1ccccc1. The van der Waals surface area contributed by atoms with Crippen molar-refractivity contribution in [1.29, 1.82) is 0 Å². The number of nitrogen functional groups attached to an aromatic ring is 1. The average Bonchev–Trinajstić information content (AvgIpc) is 3.10. The molecule has 3 atom stereocenters. The number of benzene rings is 2. The Labute approximate surface area is 296 Å². The molecule has 0 radical (unpaired) electrons. The fourth-order valence-corrected chi connectivity index (χ4v) is 5.69. The lowest BCUT2D eigenvalue weighted by molar-refractivity contribution is -0.198. The van der Waals surface area contributed by atoms with Crippen molar-refractivity contribution in [3.63, 3.8) is 0 Å². The number of aliphatic carboxylic acids is 2. The number of carbonyl (C=O) groups is 3. The maximum absolute atomic E-state index is 14.4. The highest BCUT2D eigenvalue weighted by Gasteiger charge is 2.45. The molecular weight excluding hydrogens is 695 g/mol. The average molecular weight is 732 g/mol. The molecule has 0 bridgehead atoms. The van der Waals surface area contributed by atoms with Crippen LogP contribution >= 0.6 is 11.6 Å². The van der Waals surface area contributed by atoms with E-state index in [2.05, 4.69) is 15.3 Å². The molecule has 3 aromatic rings. The minimum Gasteiger partial charge on any atom is -0.480 e. The second-order valence-corrected chi connectivity index (χ2v) is 12.2. The topological polar surface area (TPSA) is 200 Å². The predicted molar refractivity (Wildman–Crippen MR) is 183 cm³/mol. The summed E-state index contributed by atoms with van der Waals surface area (Å²) in [5.41, 5.74) is 13.8. The van der Waals surface area contributed by atoms with Crippen LogP contribution < -0.4 is 21.5 Å². The van der Waals surface area contributed by atoms with Crippen LogP contribution in [0.3, 0.4) is 0 Å². The van der Waals surface area contributed by atoms with Crippen molar-refractivity contribution in [2.75, 3.05) is 25.5 Å². The first-order valence-electron chi connectivity index (χ1n) is 15.9. The number of ether oxygens (including phenoxy) is 2. The zero-order valence-electron chi connectivity index (χ0n) is 27.2. The smallest absolute Gasteiger partial charge is 0.429 e. The van der Waals surface area contributed by atoms with Gasteiger partial charge in [-0.25, -0.2) is 4.98 Å². The second-order valence-electron chi connectivity index (χ2n) is 11.8. The highest BCUT2D eigenvalue weighted by Crippen LogP contribution is 2.41. The lowest BCUT2D eigenvalue weighted by Crippen LogP contribution is -2.32.